The molecule has 2 nitrogen and oxygen atoms in total. The van der Waals surface area contributed by atoms with Crippen LogP contribution in [0.2, 0.25) is 0 Å². The number of anilines is 1. The molecule has 0 atom stereocenters. The molecular formula is C16H25ClN2. The maximum atomic E-state index is 6.00. The Kier molecular flexibility index (Phi) is 5.50. The van der Waals surface area contributed by atoms with Crippen molar-refractivity contribution in [1.29, 1.82) is 0 Å². The summed E-state index contributed by atoms with van der Waals surface area (Å²) >= 11 is 6.00. The van der Waals surface area contributed by atoms with Crippen molar-refractivity contribution in [3.63, 3.8) is 0 Å². The SMILES string of the molecule is CCc1cc(CCl)cc(N(C)C2CCCCCC2)n1. The van der Waals surface area contributed by atoms with E-state index in [1.54, 1.807) is 0 Å². The molecule has 0 bridgehead atoms. The van der Waals surface area contributed by atoms with Crippen LogP contribution in [0.15, 0.2) is 12.1 Å². The number of halogens is 1. The summed E-state index contributed by atoms with van der Waals surface area (Å²) in [7, 11) is 2.19. The molecule has 3 heteroatoms. The van der Waals surface area contributed by atoms with Crippen LogP contribution >= 0.6 is 11.6 Å². The Balaban J connectivity index is 2.18. The monoisotopic (exact) mass is 280 g/mol. The first kappa shape index (κ1) is 14.6. The highest BCUT2D eigenvalue weighted by Gasteiger charge is 2.18. The zero-order valence-corrected chi connectivity index (χ0v) is 12.9. The molecule has 0 aromatic carbocycles. The Morgan fingerprint density at radius 1 is 1.21 bits per heavy atom. The van der Waals surface area contributed by atoms with Crippen molar-refractivity contribution < 1.29 is 0 Å². The van der Waals surface area contributed by atoms with Gasteiger partial charge in [-0.15, -0.1) is 11.6 Å². The second-order valence-electron chi connectivity index (χ2n) is 5.57. The summed E-state index contributed by atoms with van der Waals surface area (Å²) in [5.74, 6) is 1.67. The van der Waals surface area contributed by atoms with Crippen LogP contribution in [0.3, 0.4) is 0 Å². The zero-order chi connectivity index (χ0) is 13.7. The van der Waals surface area contributed by atoms with Crippen LogP contribution in [0.25, 0.3) is 0 Å². The molecule has 1 aliphatic carbocycles. The predicted octanol–water partition coefficient (Wildman–Crippen LogP) is 4.54. The maximum Gasteiger partial charge on any atom is 0.129 e. The average Bonchev–Trinajstić information content (AvgIpc) is 2.74. The second-order valence-corrected chi connectivity index (χ2v) is 5.84. The third kappa shape index (κ3) is 3.85. The van der Waals surface area contributed by atoms with E-state index in [1.165, 1.54) is 44.1 Å². The summed E-state index contributed by atoms with van der Waals surface area (Å²) in [6, 6.07) is 4.92. The molecule has 1 fully saturated rings. The Morgan fingerprint density at radius 2 is 1.89 bits per heavy atom. The molecule has 106 valence electrons. The molecule has 0 radical (unpaired) electrons. The lowest BCUT2D eigenvalue weighted by Crippen LogP contribution is -2.32. The van der Waals surface area contributed by atoms with Gasteiger partial charge in [0.15, 0.2) is 0 Å². The van der Waals surface area contributed by atoms with Crippen LogP contribution in [-0.2, 0) is 12.3 Å². The largest absolute Gasteiger partial charge is 0.357 e. The van der Waals surface area contributed by atoms with Gasteiger partial charge < -0.3 is 4.90 Å². The molecular weight excluding hydrogens is 256 g/mol. The van der Waals surface area contributed by atoms with Gasteiger partial charge in [0, 0.05) is 24.7 Å². The zero-order valence-electron chi connectivity index (χ0n) is 12.2. The van der Waals surface area contributed by atoms with Gasteiger partial charge in [-0.2, -0.15) is 0 Å². The van der Waals surface area contributed by atoms with Crippen molar-refractivity contribution in [1.82, 2.24) is 4.98 Å². The lowest BCUT2D eigenvalue weighted by molar-refractivity contribution is 0.548. The van der Waals surface area contributed by atoms with Crippen LogP contribution in [0.4, 0.5) is 5.82 Å². The minimum Gasteiger partial charge on any atom is -0.357 e. The van der Waals surface area contributed by atoms with Gasteiger partial charge in [0.25, 0.3) is 0 Å². The summed E-state index contributed by atoms with van der Waals surface area (Å²) in [5.41, 5.74) is 2.33. The minimum absolute atomic E-state index is 0.570. The quantitative estimate of drug-likeness (QED) is 0.594. The fourth-order valence-electron chi connectivity index (χ4n) is 2.90. The van der Waals surface area contributed by atoms with E-state index in [2.05, 4.69) is 31.0 Å². The molecule has 0 aliphatic heterocycles. The molecule has 0 amide bonds. The van der Waals surface area contributed by atoms with E-state index in [1.807, 2.05) is 0 Å². The van der Waals surface area contributed by atoms with Crippen molar-refractivity contribution in [3.8, 4) is 0 Å². The summed E-state index contributed by atoms with van der Waals surface area (Å²) in [5, 5.41) is 0. The minimum atomic E-state index is 0.570. The number of pyridine rings is 1. The smallest absolute Gasteiger partial charge is 0.129 e. The molecule has 1 heterocycles. The van der Waals surface area contributed by atoms with E-state index in [4.69, 9.17) is 16.6 Å². The fourth-order valence-corrected chi connectivity index (χ4v) is 3.06. The molecule has 0 spiro atoms. The van der Waals surface area contributed by atoms with E-state index < -0.39 is 0 Å². The third-order valence-corrected chi connectivity index (χ3v) is 4.48. The van der Waals surface area contributed by atoms with Crippen LogP contribution in [0.1, 0.15) is 56.7 Å². The predicted molar refractivity (Wildman–Crippen MR) is 83.1 cm³/mol. The van der Waals surface area contributed by atoms with E-state index >= 15 is 0 Å². The molecule has 1 aromatic heterocycles. The number of nitrogens with zero attached hydrogens (tertiary/aromatic N) is 2. The van der Waals surface area contributed by atoms with E-state index in [-0.39, 0.29) is 0 Å². The van der Waals surface area contributed by atoms with Crippen molar-refractivity contribution in [2.45, 2.75) is 63.8 Å². The standard InChI is InChI=1S/C16H25ClN2/c1-3-14-10-13(12-17)11-16(18-14)19(2)15-8-6-4-5-7-9-15/h10-11,15H,3-9,12H2,1-2H3. The Morgan fingerprint density at radius 3 is 2.47 bits per heavy atom. The van der Waals surface area contributed by atoms with Crippen molar-refractivity contribution >= 4 is 17.4 Å². The molecule has 0 N–H and O–H groups in total. The summed E-state index contributed by atoms with van der Waals surface area (Å²) in [4.78, 5) is 7.15. The first-order valence-electron chi connectivity index (χ1n) is 7.53. The number of rotatable bonds is 4. The first-order valence-corrected chi connectivity index (χ1v) is 8.06. The summed E-state index contributed by atoms with van der Waals surface area (Å²) < 4.78 is 0. The molecule has 1 aromatic rings. The fraction of sp³-hybridized carbons (Fsp3) is 0.688. The van der Waals surface area contributed by atoms with Crippen LogP contribution in [0, 0.1) is 0 Å². The average molecular weight is 281 g/mol. The number of alkyl halides is 1. The summed E-state index contributed by atoms with van der Waals surface area (Å²) in [6.45, 7) is 2.15. The maximum absolute atomic E-state index is 6.00. The summed E-state index contributed by atoms with van der Waals surface area (Å²) in [6.07, 6.45) is 9.04. The van der Waals surface area contributed by atoms with Gasteiger partial charge in [0.1, 0.15) is 5.82 Å². The lowest BCUT2D eigenvalue weighted by Gasteiger charge is -2.29. The highest BCUT2D eigenvalue weighted by atomic mass is 35.5. The molecule has 0 unspecified atom stereocenters. The highest BCUT2D eigenvalue weighted by molar-refractivity contribution is 6.17. The Labute approximate surface area is 122 Å². The molecule has 2 rings (SSSR count). The van der Waals surface area contributed by atoms with Gasteiger partial charge in [0.05, 0.1) is 0 Å². The van der Waals surface area contributed by atoms with E-state index in [0.717, 1.165) is 17.9 Å². The van der Waals surface area contributed by atoms with Gasteiger partial charge in [-0.3, -0.25) is 0 Å². The number of aryl methyl sites for hydroxylation is 1. The van der Waals surface area contributed by atoms with Gasteiger partial charge in [0.2, 0.25) is 0 Å². The van der Waals surface area contributed by atoms with Gasteiger partial charge in [-0.05, 0) is 37.0 Å². The number of hydrogen-bond acceptors (Lipinski definition) is 2. The molecule has 19 heavy (non-hydrogen) atoms. The molecule has 0 saturated heterocycles. The topological polar surface area (TPSA) is 16.1 Å². The number of aromatic nitrogens is 1. The lowest BCUT2D eigenvalue weighted by atomic mass is 10.1. The number of hydrogen-bond donors (Lipinski definition) is 0. The second kappa shape index (κ2) is 7.14. The Hall–Kier alpha value is -0.760. The van der Waals surface area contributed by atoms with Crippen LogP contribution < -0.4 is 4.90 Å². The Bertz CT molecular complexity index is 375. The van der Waals surface area contributed by atoms with Crippen LogP contribution in [-0.4, -0.2) is 18.1 Å². The van der Waals surface area contributed by atoms with Crippen molar-refractivity contribution in [2.24, 2.45) is 0 Å². The van der Waals surface area contributed by atoms with Crippen molar-refractivity contribution in [3.05, 3.63) is 23.4 Å². The van der Waals surface area contributed by atoms with Crippen LogP contribution in [0.5, 0.6) is 0 Å². The van der Waals surface area contributed by atoms with Gasteiger partial charge >= 0.3 is 0 Å². The van der Waals surface area contributed by atoms with Gasteiger partial charge in [-0.25, -0.2) is 4.98 Å². The van der Waals surface area contributed by atoms with E-state index in [0.29, 0.717) is 11.9 Å². The highest BCUT2D eigenvalue weighted by Crippen LogP contribution is 2.25. The molecule has 1 saturated carbocycles. The van der Waals surface area contributed by atoms with E-state index in [9.17, 15) is 0 Å². The normalized spacial score (nSPS) is 17.2. The molecule has 1 aliphatic rings. The van der Waals surface area contributed by atoms with Crippen molar-refractivity contribution in [2.75, 3.05) is 11.9 Å². The van der Waals surface area contributed by atoms with Gasteiger partial charge in [-0.1, -0.05) is 32.6 Å². The first-order chi connectivity index (χ1) is 9.24. The third-order valence-electron chi connectivity index (χ3n) is 4.17.